The maximum absolute atomic E-state index is 12.6. The Labute approximate surface area is 152 Å². The van der Waals surface area contributed by atoms with E-state index in [4.69, 9.17) is 9.68 Å². The van der Waals surface area contributed by atoms with Crippen LogP contribution in [-0.4, -0.2) is 40.1 Å². The van der Waals surface area contributed by atoms with Crippen molar-refractivity contribution in [2.24, 2.45) is 5.41 Å². The molecule has 2 heterocycles. The van der Waals surface area contributed by atoms with Crippen LogP contribution in [0.3, 0.4) is 0 Å². The molecule has 4 rings (SSSR count). The van der Waals surface area contributed by atoms with Crippen LogP contribution in [0.2, 0.25) is 0 Å². The number of carbonyl (C=O) groups is 1. The lowest BCUT2D eigenvalue weighted by atomic mass is 9.93. The van der Waals surface area contributed by atoms with E-state index in [1.165, 1.54) is 12.8 Å². The second kappa shape index (κ2) is 6.45. The molecule has 1 spiro atoms. The van der Waals surface area contributed by atoms with Gasteiger partial charge < -0.3 is 14.6 Å². The number of hydrogen-bond donors (Lipinski definition) is 1. The Hall–Kier alpha value is -2.88. The van der Waals surface area contributed by atoms with Gasteiger partial charge in [-0.3, -0.25) is 4.79 Å². The van der Waals surface area contributed by atoms with Gasteiger partial charge in [-0.15, -0.1) is 5.10 Å². The molecule has 0 bridgehead atoms. The zero-order chi connectivity index (χ0) is 18.1. The fourth-order valence-corrected chi connectivity index (χ4v) is 3.52. The number of anilines is 1. The lowest BCUT2D eigenvalue weighted by Crippen LogP contribution is -2.45. The number of benzene rings is 1. The predicted octanol–water partition coefficient (Wildman–Crippen LogP) is 2.81. The molecule has 2 aromatic rings. The van der Waals surface area contributed by atoms with Gasteiger partial charge in [0.15, 0.2) is 0 Å². The van der Waals surface area contributed by atoms with Crippen LogP contribution in [0, 0.1) is 16.7 Å². The van der Waals surface area contributed by atoms with Crippen LogP contribution >= 0.6 is 0 Å². The first kappa shape index (κ1) is 16.6. The molecule has 2 aliphatic rings. The summed E-state index contributed by atoms with van der Waals surface area (Å²) < 4.78 is 5.61. The summed E-state index contributed by atoms with van der Waals surface area (Å²) in [4.78, 5) is 14.6. The van der Waals surface area contributed by atoms with Crippen molar-refractivity contribution in [3.63, 3.8) is 0 Å². The molecule has 7 nitrogen and oxygen atoms in total. The van der Waals surface area contributed by atoms with E-state index in [2.05, 4.69) is 21.6 Å². The van der Waals surface area contributed by atoms with Gasteiger partial charge in [-0.05, 0) is 56.2 Å². The summed E-state index contributed by atoms with van der Waals surface area (Å²) in [5.41, 5.74) is 1.75. The van der Waals surface area contributed by atoms with Crippen LogP contribution in [0.5, 0.6) is 0 Å². The lowest BCUT2D eigenvalue weighted by Gasteiger charge is -2.33. The molecule has 1 saturated heterocycles. The smallest absolute Gasteiger partial charge is 0.316 e. The Balaban J connectivity index is 1.38. The van der Waals surface area contributed by atoms with Crippen molar-refractivity contribution in [3.8, 4) is 17.5 Å². The molecule has 1 saturated carbocycles. The number of nitrogens with zero attached hydrogens (tertiary/aromatic N) is 4. The highest BCUT2D eigenvalue weighted by Gasteiger charge is 2.45. The Morgan fingerprint density at radius 3 is 2.77 bits per heavy atom. The molecule has 2 fully saturated rings. The minimum atomic E-state index is -0.429. The van der Waals surface area contributed by atoms with Gasteiger partial charge in [-0.25, -0.2) is 0 Å². The SMILES string of the molecule is C[C@@H](Nc1nnc(-c2cccc(C#N)c2)o1)C(=O)N1CCC2(CC1)CC2. The van der Waals surface area contributed by atoms with Gasteiger partial charge in [-0.1, -0.05) is 11.2 Å². The summed E-state index contributed by atoms with van der Waals surface area (Å²) >= 11 is 0. The second-order valence-electron chi connectivity index (χ2n) is 7.30. The number of hydrogen-bond acceptors (Lipinski definition) is 6. The normalized spacial score (nSPS) is 19.0. The highest BCUT2D eigenvalue weighted by molar-refractivity contribution is 5.83. The Morgan fingerprint density at radius 1 is 1.31 bits per heavy atom. The van der Waals surface area contributed by atoms with Crippen molar-refractivity contribution in [2.75, 3.05) is 18.4 Å². The molecule has 1 aromatic heterocycles. The number of aromatic nitrogens is 2. The third-order valence-electron chi connectivity index (χ3n) is 5.47. The van der Waals surface area contributed by atoms with Crippen LogP contribution in [0.25, 0.3) is 11.5 Å². The largest absolute Gasteiger partial charge is 0.403 e. The maximum atomic E-state index is 12.6. The summed E-state index contributed by atoms with van der Waals surface area (Å²) in [6.07, 6.45) is 4.87. The number of rotatable bonds is 4. The highest BCUT2D eigenvalue weighted by atomic mass is 16.4. The molecule has 1 aliphatic carbocycles. The zero-order valence-electron chi connectivity index (χ0n) is 14.7. The molecular formula is C19H21N5O2. The Bertz CT molecular complexity index is 855. The molecule has 0 unspecified atom stereocenters. The summed E-state index contributed by atoms with van der Waals surface area (Å²) in [7, 11) is 0. The van der Waals surface area contributed by atoms with E-state index in [1.54, 1.807) is 24.3 Å². The Morgan fingerprint density at radius 2 is 2.08 bits per heavy atom. The number of nitrogens with one attached hydrogen (secondary N) is 1. The molecular weight excluding hydrogens is 330 g/mol. The number of carbonyl (C=O) groups excluding carboxylic acids is 1. The predicted molar refractivity (Wildman–Crippen MR) is 95.0 cm³/mol. The van der Waals surface area contributed by atoms with E-state index in [0.717, 1.165) is 25.9 Å². The third kappa shape index (κ3) is 3.27. The first-order valence-corrected chi connectivity index (χ1v) is 8.98. The van der Waals surface area contributed by atoms with Gasteiger partial charge in [-0.2, -0.15) is 5.26 Å². The van der Waals surface area contributed by atoms with E-state index in [0.29, 0.717) is 22.4 Å². The number of amides is 1. The molecule has 134 valence electrons. The van der Waals surface area contributed by atoms with Gasteiger partial charge in [0.1, 0.15) is 6.04 Å². The van der Waals surface area contributed by atoms with E-state index in [9.17, 15) is 4.79 Å². The number of piperidine rings is 1. The van der Waals surface area contributed by atoms with Crippen molar-refractivity contribution >= 4 is 11.9 Å². The third-order valence-corrected chi connectivity index (χ3v) is 5.47. The minimum absolute atomic E-state index is 0.0618. The van der Waals surface area contributed by atoms with E-state index >= 15 is 0 Å². The zero-order valence-corrected chi connectivity index (χ0v) is 14.7. The molecule has 0 radical (unpaired) electrons. The molecule has 1 atom stereocenters. The topological polar surface area (TPSA) is 95.0 Å². The fraction of sp³-hybridized carbons (Fsp3) is 0.474. The summed E-state index contributed by atoms with van der Waals surface area (Å²) in [6.45, 7) is 3.48. The summed E-state index contributed by atoms with van der Waals surface area (Å²) in [5.74, 6) is 0.379. The monoisotopic (exact) mass is 351 g/mol. The minimum Gasteiger partial charge on any atom is -0.403 e. The van der Waals surface area contributed by atoms with E-state index < -0.39 is 6.04 Å². The second-order valence-corrected chi connectivity index (χ2v) is 7.30. The van der Waals surface area contributed by atoms with Crippen molar-refractivity contribution in [1.82, 2.24) is 15.1 Å². The van der Waals surface area contributed by atoms with Gasteiger partial charge in [0.2, 0.25) is 11.8 Å². The summed E-state index contributed by atoms with van der Waals surface area (Å²) in [5, 5.41) is 19.9. The summed E-state index contributed by atoms with van der Waals surface area (Å²) in [6, 6.07) is 8.82. The van der Waals surface area contributed by atoms with Crippen LogP contribution in [0.1, 0.15) is 38.2 Å². The lowest BCUT2D eigenvalue weighted by molar-refractivity contribution is -0.133. The molecule has 7 heteroatoms. The first-order valence-electron chi connectivity index (χ1n) is 8.98. The van der Waals surface area contributed by atoms with Crippen LogP contribution < -0.4 is 5.32 Å². The van der Waals surface area contributed by atoms with Crippen molar-refractivity contribution in [2.45, 2.75) is 38.6 Å². The van der Waals surface area contributed by atoms with Crippen molar-refractivity contribution < 1.29 is 9.21 Å². The van der Waals surface area contributed by atoms with E-state index in [-0.39, 0.29) is 11.9 Å². The first-order chi connectivity index (χ1) is 12.6. The van der Waals surface area contributed by atoms with Gasteiger partial charge in [0.05, 0.1) is 11.6 Å². The molecule has 26 heavy (non-hydrogen) atoms. The van der Waals surface area contributed by atoms with Gasteiger partial charge in [0.25, 0.3) is 0 Å². The number of likely N-dealkylation sites (tertiary alicyclic amines) is 1. The van der Waals surface area contributed by atoms with Crippen LogP contribution in [0.4, 0.5) is 6.01 Å². The molecule has 1 N–H and O–H groups in total. The van der Waals surface area contributed by atoms with Crippen molar-refractivity contribution in [1.29, 1.82) is 5.26 Å². The quantitative estimate of drug-likeness (QED) is 0.910. The van der Waals surface area contributed by atoms with Gasteiger partial charge >= 0.3 is 6.01 Å². The van der Waals surface area contributed by atoms with Crippen LogP contribution in [0.15, 0.2) is 28.7 Å². The van der Waals surface area contributed by atoms with Gasteiger partial charge in [0, 0.05) is 18.7 Å². The number of nitriles is 1. The highest BCUT2D eigenvalue weighted by Crippen LogP contribution is 2.53. The van der Waals surface area contributed by atoms with E-state index in [1.807, 2.05) is 11.8 Å². The average Bonchev–Trinajstić information content (AvgIpc) is 3.26. The van der Waals surface area contributed by atoms with Crippen molar-refractivity contribution in [3.05, 3.63) is 29.8 Å². The van der Waals surface area contributed by atoms with Crippen LogP contribution in [-0.2, 0) is 4.79 Å². The standard InChI is InChI=1S/C19H21N5O2/c1-13(17(25)24-9-7-19(5-6-19)8-10-24)21-18-23-22-16(26-18)15-4-2-3-14(11-15)12-20/h2-4,11,13H,5-10H2,1H3,(H,21,23)/t13-/m1/s1. The molecule has 1 aliphatic heterocycles. The fourth-order valence-electron chi connectivity index (χ4n) is 3.52. The molecule has 1 aromatic carbocycles. The maximum Gasteiger partial charge on any atom is 0.316 e. The molecule has 1 amide bonds. The Kier molecular flexibility index (Phi) is 4.11. The average molecular weight is 351 g/mol.